The second kappa shape index (κ2) is 9.94. The van der Waals surface area contributed by atoms with Crippen molar-refractivity contribution in [2.45, 2.75) is 39.8 Å². The summed E-state index contributed by atoms with van der Waals surface area (Å²) in [5.74, 6) is 0.0935. The van der Waals surface area contributed by atoms with Crippen LogP contribution in [0.4, 0.5) is 10.5 Å². The van der Waals surface area contributed by atoms with Crippen LogP contribution in [0.1, 0.15) is 38.3 Å². The Morgan fingerprint density at radius 1 is 1.21 bits per heavy atom. The number of carbonyl (C=O) groups is 1. The van der Waals surface area contributed by atoms with Crippen LogP contribution in [0.5, 0.6) is 5.75 Å². The second-order valence-corrected chi connectivity index (χ2v) is 8.44. The number of nitriles is 1. The summed E-state index contributed by atoms with van der Waals surface area (Å²) in [6.45, 7) is 5.71. The number of urea groups is 1. The lowest BCUT2D eigenvalue weighted by Crippen LogP contribution is -2.40. The van der Waals surface area contributed by atoms with Crippen LogP contribution in [-0.4, -0.2) is 31.1 Å². The summed E-state index contributed by atoms with van der Waals surface area (Å²) in [4.78, 5) is 14.5. The van der Waals surface area contributed by atoms with E-state index in [0.717, 1.165) is 12.0 Å². The van der Waals surface area contributed by atoms with E-state index in [1.165, 1.54) is 6.92 Å². The molecule has 0 aromatic heterocycles. The first kappa shape index (κ1) is 22.2. The van der Waals surface area contributed by atoms with Crippen molar-refractivity contribution < 1.29 is 17.4 Å². The molecular formula is C21H25N3O4S. The Morgan fingerprint density at radius 3 is 2.59 bits per heavy atom. The molecule has 0 unspecified atom stereocenters. The number of amides is 2. The number of carbonyl (C=O) groups excluding carboxylic acids is 1. The van der Waals surface area contributed by atoms with Crippen LogP contribution in [0.15, 0.2) is 48.5 Å². The first-order valence-electron chi connectivity index (χ1n) is 9.36. The normalized spacial score (nSPS) is 11.9. The Morgan fingerprint density at radius 2 is 1.93 bits per heavy atom. The molecule has 154 valence electrons. The molecule has 29 heavy (non-hydrogen) atoms. The van der Waals surface area contributed by atoms with Crippen molar-refractivity contribution in [3.63, 3.8) is 0 Å². The Hall–Kier alpha value is -3.05. The third-order valence-electron chi connectivity index (χ3n) is 4.45. The minimum absolute atomic E-state index is 0.0573. The van der Waals surface area contributed by atoms with Crippen LogP contribution in [0.3, 0.4) is 0 Å². The molecule has 0 aliphatic heterocycles. The lowest BCUT2D eigenvalue weighted by atomic mass is 10.1. The predicted molar refractivity (Wildman–Crippen MR) is 112 cm³/mol. The molecule has 0 spiro atoms. The van der Waals surface area contributed by atoms with Crippen LogP contribution in [0.2, 0.25) is 0 Å². The molecule has 1 atom stereocenters. The van der Waals surface area contributed by atoms with Crippen LogP contribution < -0.4 is 9.50 Å². The molecule has 0 saturated carbocycles. The molecule has 2 amide bonds. The van der Waals surface area contributed by atoms with Gasteiger partial charge in [-0.2, -0.15) is 13.7 Å². The number of nitrogens with one attached hydrogen (secondary N) is 1. The van der Waals surface area contributed by atoms with E-state index in [1.807, 2.05) is 26.0 Å². The molecule has 7 nitrogen and oxygen atoms in total. The van der Waals surface area contributed by atoms with Crippen LogP contribution >= 0.6 is 0 Å². The van der Waals surface area contributed by atoms with Gasteiger partial charge in [-0.05, 0) is 56.2 Å². The fourth-order valence-electron chi connectivity index (χ4n) is 2.61. The smallest absolute Gasteiger partial charge is 0.322 e. The minimum Gasteiger partial charge on any atom is -0.382 e. The summed E-state index contributed by atoms with van der Waals surface area (Å²) in [6, 6.07) is 15.1. The fraction of sp³-hybridized carbons (Fsp3) is 0.333. The number of nitrogens with zero attached hydrogens (tertiary/aromatic N) is 2. The molecule has 0 radical (unpaired) electrons. The van der Waals surface area contributed by atoms with Crippen molar-refractivity contribution in [1.82, 2.24) is 4.90 Å². The largest absolute Gasteiger partial charge is 0.382 e. The third kappa shape index (κ3) is 6.50. The average Bonchev–Trinajstić information content (AvgIpc) is 2.71. The monoisotopic (exact) mass is 415 g/mol. The second-order valence-electron chi connectivity index (χ2n) is 6.59. The zero-order valence-corrected chi connectivity index (χ0v) is 17.6. The van der Waals surface area contributed by atoms with Gasteiger partial charge in [-0.25, -0.2) is 4.79 Å². The van der Waals surface area contributed by atoms with Crippen molar-refractivity contribution in [2.24, 2.45) is 0 Å². The van der Waals surface area contributed by atoms with Crippen LogP contribution in [0, 0.1) is 11.3 Å². The first-order valence-corrected chi connectivity index (χ1v) is 10.9. The maximum atomic E-state index is 12.9. The highest BCUT2D eigenvalue weighted by Crippen LogP contribution is 2.20. The average molecular weight is 416 g/mol. The predicted octanol–water partition coefficient (Wildman–Crippen LogP) is 4.12. The molecule has 2 aromatic carbocycles. The van der Waals surface area contributed by atoms with Gasteiger partial charge in [-0.15, -0.1) is 0 Å². The number of hydrogen-bond donors (Lipinski definition) is 1. The van der Waals surface area contributed by atoms with Gasteiger partial charge in [0.05, 0.1) is 17.4 Å². The van der Waals surface area contributed by atoms with Gasteiger partial charge in [-0.3, -0.25) is 0 Å². The standard InChI is InChI=1S/C21H25N3O4S/c1-4-16(3)24(21(25)23-19-10-6-8-17(12-19)14-22)15-18-9-7-11-20(13-18)28-29(26,27)5-2/h6-13,16H,4-5,15H2,1-3H3,(H,23,25)/t16-/m0/s1. The van der Waals surface area contributed by atoms with E-state index in [1.54, 1.807) is 47.4 Å². The molecule has 2 rings (SSSR count). The minimum atomic E-state index is -3.62. The quantitative estimate of drug-likeness (QED) is 0.654. The van der Waals surface area contributed by atoms with Gasteiger partial charge >= 0.3 is 16.1 Å². The maximum absolute atomic E-state index is 12.9. The molecule has 1 N–H and O–H groups in total. The molecular weight excluding hydrogens is 390 g/mol. The van der Waals surface area contributed by atoms with E-state index in [2.05, 4.69) is 5.32 Å². The van der Waals surface area contributed by atoms with E-state index in [4.69, 9.17) is 9.44 Å². The Labute approximate surface area is 172 Å². The number of benzene rings is 2. The summed E-state index contributed by atoms with van der Waals surface area (Å²) in [6.07, 6.45) is 0.742. The summed E-state index contributed by atoms with van der Waals surface area (Å²) in [5.41, 5.74) is 1.74. The van der Waals surface area contributed by atoms with Crippen molar-refractivity contribution >= 4 is 21.8 Å². The molecule has 0 saturated heterocycles. The first-order chi connectivity index (χ1) is 13.8. The summed E-state index contributed by atoms with van der Waals surface area (Å²) in [7, 11) is -3.62. The van der Waals surface area contributed by atoms with Crippen molar-refractivity contribution in [2.75, 3.05) is 11.1 Å². The van der Waals surface area contributed by atoms with E-state index < -0.39 is 10.1 Å². The highest BCUT2D eigenvalue weighted by atomic mass is 32.2. The summed E-state index contributed by atoms with van der Waals surface area (Å²) < 4.78 is 28.5. The van der Waals surface area contributed by atoms with Gasteiger partial charge in [0.2, 0.25) is 0 Å². The van der Waals surface area contributed by atoms with Gasteiger partial charge in [0.15, 0.2) is 0 Å². The topological polar surface area (TPSA) is 99.5 Å². The Balaban J connectivity index is 2.20. The third-order valence-corrected chi connectivity index (χ3v) is 5.61. The molecule has 0 heterocycles. The molecule has 0 fully saturated rings. The van der Waals surface area contributed by atoms with Crippen molar-refractivity contribution in [1.29, 1.82) is 5.26 Å². The van der Waals surface area contributed by atoms with E-state index in [-0.39, 0.29) is 30.1 Å². The van der Waals surface area contributed by atoms with Gasteiger partial charge in [0, 0.05) is 18.3 Å². The zero-order valence-electron chi connectivity index (χ0n) is 16.8. The van der Waals surface area contributed by atoms with Gasteiger partial charge in [-0.1, -0.05) is 25.1 Å². The summed E-state index contributed by atoms with van der Waals surface area (Å²) in [5, 5.41) is 11.8. The lowest BCUT2D eigenvalue weighted by molar-refractivity contribution is 0.187. The molecule has 0 aliphatic rings. The van der Waals surface area contributed by atoms with Gasteiger partial charge in [0.25, 0.3) is 0 Å². The highest BCUT2D eigenvalue weighted by Gasteiger charge is 2.20. The van der Waals surface area contributed by atoms with E-state index >= 15 is 0 Å². The Bertz CT molecular complexity index is 999. The maximum Gasteiger partial charge on any atom is 0.322 e. The zero-order chi connectivity index (χ0) is 21.4. The van der Waals surface area contributed by atoms with Gasteiger partial charge < -0.3 is 14.4 Å². The van der Waals surface area contributed by atoms with Crippen LogP contribution in [-0.2, 0) is 16.7 Å². The molecule has 8 heteroatoms. The lowest BCUT2D eigenvalue weighted by Gasteiger charge is -2.29. The number of rotatable bonds is 8. The van der Waals surface area contributed by atoms with Crippen molar-refractivity contribution in [3.05, 3.63) is 59.7 Å². The van der Waals surface area contributed by atoms with Gasteiger partial charge in [0.1, 0.15) is 5.75 Å². The summed E-state index contributed by atoms with van der Waals surface area (Å²) >= 11 is 0. The molecule has 2 aromatic rings. The SMILES string of the molecule is CC[C@H](C)N(Cc1cccc(OS(=O)(=O)CC)c1)C(=O)Nc1cccc(C#N)c1. The number of hydrogen-bond acceptors (Lipinski definition) is 5. The Kier molecular flexibility index (Phi) is 7.62. The van der Waals surface area contributed by atoms with Crippen LogP contribution in [0.25, 0.3) is 0 Å². The van der Waals surface area contributed by atoms with Crippen molar-refractivity contribution in [3.8, 4) is 11.8 Å². The van der Waals surface area contributed by atoms with E-state index in [0.29, 0.717) is 11.3 Å². The fourth-order valence-corrected chi connectivity index (χ4v) is 3.12. The molecule has 0 aliphatic carbocycles. The number of anilines is 1. The highest BCUT2D eigenvalue weighted by molar-refractivity contribution is 7.87. The molecule has 0 bridgehead atoms. The van der Waals surface area contributed by atoms with E-state index in [9.17, 15) is 13.2 Å².